The number of fused-ring (bicyclic) bond motifs is 1. The van der Waals surface area contributed by atoms with E-state index < -0.39 is 10.0 Å². The zero-order chi connectivity index (χ0) is 25.0. The summed E-state index contributed by atoms with van der Waals surface area (Å²) >= 11 is 0. The maximum absolute atomic E-state index is 13.4. The molecule has 2 aromatic carbocycles. The molecule has 0 radical (unpaired) electrons. The third kappa shape index (κ3) is 6.02. The summed E-state index contributed by atoms with van der Waals surface area (Å²) in [5.74, 6) is 0.0322. The van der Waals surface area contributed by atoms with E-state index in [1.165, 1.54) is 0 Å². The van der Waals surface area contributed by atoms with Crippen LogP contribution in [0.25, 0.3) is 10.8 Å². The lowest BCUT2D eigenvalue weighted by Crippen LogP contribution is -2.46. The molecule has 2 N–H and O–H groups in total. The van der Waals surface area contributed by atoms with Crippen molar-refractivity contribution in [3.8, 4) is 0 Å². The van der Waals surface area contributed by atoms with Gasteiger partial charge >= 0.3 is 0 Å². The summed E-state index contributed by atoms with van der Waals surface area (Å²) in [6.07, 6.45) is 4.37. The number of nitrogens with zero attached hydrogens (tertiary/aromatic N) is 2. The molecule has 0 aliphatic carbocycles. The SMILES string of the molecule is CCCC(=O)N1CCC(NS(=O)(=O)c2ccc(NC(=O)C3CCCN(C)C3)c3ccccc23)CC1. The van der Waals surface area contributed by atoms with Gasteiger partial charge in [0.15, 0.2) is 0 Å². The molecule has 2 saturated heterocycles. The minimum absolute atomic E-state index is 0.0279. The molecule has 4 rings (SSSR count). The molecule has 0 bridgehead atoms. The Bertz CT molecular complexity index is 1180. The Morgan fingerprint density at radius 2 is 1.71 bits per heavy atom. The van der Waals surface area contributed by atoms with Crippen LogP contribution in [-0.2, 0) is 19.6 Å². The van der Waals surface area contributed by atoms with Gasteiger partial charge in [-0.3, -0.25) is 9.59 Å². The van der Waals surface area contributed by atoms with Crippen LogP contribution in [0.4, 0.5) is 5.69 Å². The molecule has 0 saturated carbocycles. The number of sulfonamides is 1. The number of hydrogen-bond acceptors (Lipinski definition) is 5. The van der Waals surface area contributed by atoms with Crippen LogP contribution < -0.4 is 10.0 Å². The predicted molar refractivity (Wildman–Crippen MR) is 138 cm³/mol. The first-order chi connectivity index (χ1) is 16.8. The van der Waals surface area contributed by atoms with Gasteiger partial charge in [-0.1, -0.05) is 31.2 Å². The Hall–Kier alpha value is -2.49. The van der Waals surface area contributed by atoms with Gasteiger partial charge in [-0.15, -0.1) is 0 Å². The lowest BCUT2D eigenvalue weighted by Gasteiger charge is -2.32. The zero-order valence-electron chi connectivity index (χ0n) is 20.6. The number of nitrogens with one attached hydrogen (secondary N) is 2. The summed E-state index contributed by atoms with van der Waals surface area (Å²) in [6, 6.07) is 10.3. The van der Waals surface area contributed by atoms with E-state index in [1.54, 1.807) is 24.3 Å². The number of likely N-dealkylation sites (tertiary alicyclic amines) is 2. The fourth-order valence-electron chi connectivity index (χ4n) is 5.13. The first-order valence-corrected chi connectivity index (χ1v) is 14.1. The first-order valence-electron chi connectivity index (χ1n) is 12.6. The van der Waals surface area contributed by atoms with E-state index in [0.717, 1.165) is 32.4 Å². The third-order valence-electron chi connectivity index (χ3n) is 7.06. The van der Waals surface area contributed by atoms with E-state index in [0.29, 0.717) is 48.8 Å². The molecule has 9 heteroatoms. The number of piperidine rings is 2. The molecule has 2 aliphatic rings. The topological polar surface area (TPSA) is 98.8 Å². The number of amides is 2. The number of benzene rings is 2. The van der Waals surface area contributed by atoms with Crippen molar-refractivity contribution in [2.75, 3.05) is 38.5 Å². The fourth-order valence-corrected chi connectivity index (χ4v) is 6.65. The maximum atomic E-state index is 13.4. The fraction of sp³-hybridized carbons (Fsp3) is 0.538. The summed E-state index contributed by atoms with van der Waals surface area (Å²) in [6.45, 7) is 4.83. The van der Waals surface area contributed by atoms with Gasteiger partial charge < -0.3 is 15.1 Å². The summed E-state index contributed by atoms with van der Waals surface area (Å²) in [5, 5.41) is 4.32. The van der Waals surface area contributed by atoms with Gasteiger partial charge in [0.1, 0.15) is 0 Å². The minimum atomic E-state index is -3.78. The molecule has 2 amide bonds. The number of carbonyl (C=O) groups excluding carboxylic acids is 2. The molecule has 8 nitrogen and oxygen atoms in total. The molecule has 2 aromatic rings. The largest absolute Gasteiger partial charge is 0.343 e. The van der Waals surface area contributed by atoms with Gasteiger partial charge in [0.25, 0.3) is 0 Å². The lowest BCUT2D eigenvalue weighted by atomic mass is 9.97. The summed E-state index contributed by atoms with van der Waals surface area (Å²) < 4.78 is 29.6. The van der Waals surface area contributed by atoms with Crippen molar-refractivity contribution < 1.29 is 18.0 Å². The molecule has 35 heavy (non-hydrogen) atoms. The van der Waals surface area contributed by atoms with Gasteiger partial charge in [0, 0.05) is 48.6 Å². The van der Waals surface area contributed by atoms with Crippen molar-refractivity contribution in [2.24, 2.45) is 5.92 Å². The molecule has 0 aromatic heterocycles. The van der Waals surface area contributed by atoms with Gasteiger partial charge in [-0.25, -0.2) is 13.1 Å². The maximum Gasteiger partial charge on any atom is 0.241 e. The Balaban J connectivity index is 1.50. The van der Waals surface area contributed by atoms with E-state index in [1.807, 2.05) is 31.0 Å². The van der Waals surface area contributed by atoms with Crippen LogP contribution in [0.3, 0.4) is 0 Å². The van der Waals surface area contributed by atoms with Crippen LogP contribution in [-0.4, -0.2) is 69.3 Å². The van der Waals surface area contributed by atoms with Crippen molar-refractivity contribution >= 4 is 38.3 Å². The monoisotopic (exact) mass is 500 g/mol. The van der Waals surface area contributed by atoms with Crippen LogP contribution in [0, 0.1) is 5.92 Å². The van der Waals surface area contributed by atoms with Crippen molar-refractivity contribution in [1.29, 1.82) is 0 Å². The first kappa shape index (κ1) is 25.6. The van der Waals surface area contributed by atoms with Crippen LogP contribution in [0.2, 0.25) is 0 Å². The second-order valence-corrected chi connectivity index (χ2v) is 11.5. The Morgan fingerprint density at radius 3 is 2.40 bits per heavy atom. The van der Waals surface area contributed by atoms with Gasteiger partial charge in [-0.2, -0.15) is 0 Å². The van der Waals surface area contributed by atoms with Crippen LogP contribution in [0.5, 0.6) is 0 Å². The lowest BCUT2D eigenvalue weighted by molar-refractivity contribution is -0.132. The quantitative estimate of drug-likeness (QED) is 0.608. The standard InChI is InChI=1S/C26H36N4O4S/c1-3-7-25(31)30-16-13-20(14-17-30)28-35(33,34)24-12-11-23(21-9-4-5-10-22(21)24)27-26(32)19-8-6-15-29(2)18-19/h4-5,9-12,19-20,28H,3,6-8,13-18H2,1-2H3,(H,27,32). The number of anilines is 1. The highest BCUT2D eigenvalue weighted by molar-refractivity contribution is 7.89. The van der Waals surface area contributed by atoms with E-state index >= 15 is 0 Å². The molecule has 1 unspecified atom stereocenters. The number of carbonyl (C=O) groups is 2. The summed E-state index contributed by atoms with van der Waals surface area (Å²) in [5.41, 5.74) is 0.625. The second-order valence-electron chi connectivity index (χ2n) is 9.77. The summed E-state index contributed by atoms with van der Waals surface area (Å²) in [4.78, 5) is 29.2. The average molecular weight is 501 g/mol. The van der Waals surface area contributed by atoms with Crippen LogP contribution in [0.15, 0.2) is 41.3 Å². The molecule has 190 valence electrons. The Kier molecular flexibility index (Phi) is 8.09. The molecule has 2 aliphatic heterocycles. The van der Waals surface area contributed by atoms with Crippen molar-refractivity contribution in [3.05, 3.63) is 36.4 Å². The predicted octanol–water partition coefficient (Wildman–Crippen LogP) is 3.19. The van der Waals surface area contributed by atoms with E-state index in [-0.39, 0.29) is 28.7 Å². The minimum Gasteiger partial charge on any atom is -0.343 e. The van der Waals surface area contributed by atoms with Crippen LogP contribution in [0.1, 0.15) is 45.4 Å². The number of rotatable bonds is 7. The van der Waals surface area contributed by atoms with Crippen molar-refractivity contribution in [3.63, 3.8) is 0 Å². The molecule has 2 heterocycles. The van der Waals surface area contributed by atoms with E-state index in [2.05, 4.69) is 14.9 Å². The molecular weight excluding hydrogens is 464 g/mol. The van der Waals surface area contributed by atoms with Gasteiger partial charge in [-0.05, 0) is 57.8 Å². The normalized spacial score (nSPS) is 20.2. The van der Waals surface area contributed by atoms with Gasteiger partial charge in [0.05, 0.1) is 10.8 Å². The summed E-state index contributed by atoms with van der Waals surface area (Å²) in [7, 11) is -1.76. The highest BCUT2D eigenvalue weighted by Gasteiger charge is 2.28. The molecular formula is C26H36N4O4S. The Labute approximate surface area is 208 Å². The van der Waals surface area contributed by atoms with E-state index in [9.17, 15) is 18.0 Å². The highest BCUT2D eigenvalue weighted by atomic mass is 32.2. The smallest absolute Gasteiger partial charge is 0.241 e. The highest BCUT2D eigenvalue weighted by Crippen LogP contribution is 2.31. The molecule has 2 fully saturated rings. The third-order valence-corrected chi connectivity index (χ3v) is 8.64. The Morgan fingerprint density at radius 1 is 1.00 bits per heavy atom. The average Bonchev–Trinajstić information content (AvgIpc) is 2.84. The molecule has 0 spiro atoms. The van der Waals surface area contributed by atoms with Crippen LogP contribution >= 0.6 is 0 Å². The van der Waals surface area contributed by atoms with Crippen molar-refractivity contribution in [1.82, 2.24) is 14.5 Å². The number of hydrogen-bond donors (Lipinski definition) is 2. The second kappa shape index (κ2) is 11.1. The van der Waals surface area contributed by atoms with E-state index in [4.69, 9.17) is 0 Å². The zero-order valence-corrected chi connectivity index (χ0v) is 21.4. The van der Waals surface area contributed by atoms with Crippen molar-refractivity contribution in [2.45, 2.75) is 56.4 Å². The van der Waals surface area contributed by atoms with Gasteiger partial charge in [0.2, 0.25) is 21.8 Å². The molecule has 1 atom stereocenters.